The summed E-state index contributed by atoms with van der Waals surface area (Å²) in [6.07, 6.45) is 3.64. The third-order valence-electron chi connectivity index (χ3n) is 8.98. The van der Waals surface area contributed by atoms with Crippen molar-refractivity contribution in [3.63, 3.8) is 0 Å². The third kappa shape index (κ3) is 4.41. The molecule has 0 aliphatic rings. The van der Waals surface area contributed by atoms with Crippen LogP contribution in [0.4, 0.5) is 0 Å². The number of hydrogen-bond acceptors (Lipinski definition) is 3. The van der Waals surface area contributed by atoms with E-state index >= 15 is 0 Å². The van der Waals surface area contributed by atoms with Gasteiger partial charge in [-0.15, -0.1) is 0 Å². The van der Waals surface area contributed by atoms with E-state index in [1.54, 1.807) is 0 Å². The minimum absolute atomic E-state index is 0.694. The van der Waals surface area contributed by atoms with Gasteiger partial charge in [-0.3, -0.25) is 4.98 Å². The van der Waals surface area contributed by atoms with Crippen molar-refractivity contribution in [1.82, 2.24) is 15.0 Å². The highest BCUT2D eigenvalue weighted by molar-refractivity contribution is 6.25. The van der Waals surface area contributed by atoms with Gasteiger partial charge in [-0.2, -0.15) is 0 Å². The molecule has 0 saturated heterocycles. The number of rotatable bonds is 5. The molecule has 0 amide bonds. The molecule has 2 aromatic heterocycles. The maximum Gasteiger partial charge on any atom is 0.161 e. The van der Waals surface area contributed by atoms with Crippen molar-refractivity contribution in [1.29, 1.82) is 0 Å². The highest BCUT2D eigenvalue weighted by Crippen LogP contribution is 2.40. The predicted molar refractivity (Wildman–Crippen MR) is 191 cm³/mol. The first-order valence-electron chi connectivity index (χ1n) is 15.5. The Bertz CT molecular complexity index is 2490. The third-order valence-corrected chi connectivity index (χ3v) is 8.98. The van der Waals surface area contributed by atoms with Crippen molar-refractivity contribution in [2.45, 2.75) is 0 Å². The van der Waals surface area contributed by atoms with E-state index in [1.165, 1.54) is 43.4 Å². The van der Waals surface area contributed by atoms with E-state index in [2.05, 4.69) is 120 Å². The molecule has 3 nitrogen and oxygen atoms in total. The summed E-state index contributed by atoms with van der Waals surface area (Å²) in [4.78, 5) is 14.5. The van der Waals surface area contributed by atoms with Crippen LogP contribution in [0.1, 0.15) is 0 Å². The summed E-state index contributed by atoms with van der Waals surface area (Å²) in [5.41, 5.74) is 9.43. The van der Waals surface area contributed by atoms with Gasteiger partial charge in [0.25, 0.3) is 0 Å². The molecule has 0 aliphatic heterocycles. The minimum atomic E-state index is 0.694. The fourth-order valence-electron chi connectivity index (χ4n) is 6.74. The van der Waals surface area contributed by atoms with Gasteiger partial charge >= 0.3 is 0 Å². The lowest BCUT2D eigenvalue weighted by Crippen LogP contribution is -1.97. The first kappa shape index (κ1) is 26.2. The van der Waals surface area contributed by atoms with Crippen LogP contribution in [0, 0.1) is 0 Å². The maximum absolute atomic E-state index is 5.17. The predicted octanol–water partition coefficient (Wildman–Crippen LogP) is 11.1. The first-order valence-corrected chi connectivity index (χ1v) is 15.5. The van der Waals surface area contributed by atoms with Gasteiger partial charge in [0.2, 0.25) is 0 Å². The summed E-state index contributed by atoms with van der Waals surface area (Å²) in [5, 5.41) is 7.78. The van der Waals surface area contributed by atoms with Crippen LogP contribution in [0.15, 0.2) is 164 Å². The van der Waals surface area contributed by atoms with E-state index < -0.39 is 0 Å². The molecular weight excluding hydrogens is 558 g/mol. The Kier molecular flexibility index (Phi) is 6.14. The molecule has 0 saturated carbocycles. The maximum atomic E-state index is 5.17. The fourth-order valence-corrected chi connectivity index (χ4v) is 6.74. The molecule has 0 unspecified atom stereocenters. The van der Waals surface area contributed by atoms with Gasteiger partial charge < -0.3 is 0 Å². The number of pyridine rings is 1. The van der Waals surface area contributed by atoms with Crippen LogP contribution < -0.4 is 0 Å². The van der Waals surface area contributed by atoms with Gasteiger partial charge in [0, 0.05) is 29.1 Å². The van der Waals surface area contributed by atoms with Gasteiger partial charge in [-0.1, -0.05) is 133 Å². The van der Waals surface area contributed by atoms with E-state index in [-0.39, 0.29) is 0 Å². The Morgan fingerprint density at radius 1 is 0.348 bits per heavy atom. The van der Waals surface area contributed by atoms with E-state index in [0.717, 1.165) is 39.2 Å². The van der Waals surface area contributed by atoms with E-state index in [0.29, 0.717) is 5.82 Å². The molecule has 214 valence electrons. The van der Waals surface area contributed by atoms with Crippen LogP contribution in [-0.2, 0) is 0 Å². The molecule has 0 aliphatic carbocycles. The molecule has 0 atom stereocenters. The molecule has 0 radical (unpaired) electrons. The highest BCUT2D eigenvalue weighted by Gasteiger charge is 2.16. The molecule has 9 rings (SSSR count). The van der Waals surface area contributed by atoms with Crippen molar-refractivity contribution >= 4 is 32.3 Å². The second-order valence-corrected chi connectivity index (χ2v) is 11.7. The number of aromatic nitrogens is 3. The lowest BCUT2D eigenvalue weighted by molar-refractivity contribution is 1.18. The monoisotopic (exact) mass is 585 g/mol. The van der Waals surface area contributed by atoms with E-state index in [1.807, 2.05) is 48.8 Å². The molecule has 7 aromatic carbocycles. The minimum Gasteiger partial charge on any atom is -0.265 e. The normalized spacial score (nSPS) is 11.5. The Labute approximate surface area is 266 Å². The van der Waals surface area contributed by atoms with Crippen molar-refractivity contribution in [2.24, 2.45) is 0 Å². The molecule has 0 bridgehead atoms. The zero-order valence-corrected chi connectivity index (χ0v) is 24.9. The van der Waals surface area contributed by atoms with Crippen LogP contribution in [0.3, 0.4) is 0 Å². The average Bonchev–Trinajstić information content (AvgIpc) is 3.14. The Morgan fingerprint density at radius 3 is 1.65 bits per heavy atom. The molecular formula is C43H27N3. The number of benzene rings is 7. The lowest BCUT2D eigenvalue weighted by Gasteiger charge is -2.15. The van der Waals surface area contributed by atoms with Crippen LogP contribution in [0.2, 0.25) is 0 Å². The van der Waals surface area contributed by atoms with Gasteiger partial charge in [-0.05, 0) is 72.8 Å². The molecule has 2 heterocycles. The molecule has 0 fully saturated rings. The summed E-state index contributed by atoms with van der Waals surface area (Å²) in [5.74, 6) is 0.694. The molecule has 3 heteroatoms. The summed E-state index contributed by atoms with van der Waals surface area (Å²) in [7, 11) is 0. The molecule has 9 aromatic rings. The highest BCUT2D eigenvalue weighted by atomic mass is 14.9. The summed E-state index contributed by atoms with van der Waals surface area (Å²) in [6, 6.07) is 53.6. The van der Waals surface area contributed by atoms with Crippen molar-refractivity contribution in [3.05, 3.63) is 164 Å². The lowest BCUT2D eigenvalue weighted by atomic mass is 9.89. The van der Waals surface area contributed by atoms with E-state index in [4.69, 9.17) is 9.97 Å². The van der Waals surface area contributed by atoms with Crippen LogP contribution in [-0.4, -0.2) is 15.0 Å². The van der Waals surface area contributed by atoms with E-state index in [9.17, 15) is 0 Å². The Balaban J connectivity index is 1.18. The standard InChI is InChI=1S/C43H27N3/c1-2-7-30(8-3-1)39-27-40(46-43(45-39)38-12-5-4-11-35(38)29-23-25-44-26-24-29)31-15-13-28(14-16-31)36-21-19-34-18-17-32-9-6-10-33-20-22-37(36)42(34)41(32)33/h1-27H. The van der Waals surface area contributed by atoms with Crippen molar-refractivity contribution < 1.29 is 0 Å². The van der Waals surface area contributed by atoms with Gasteiger partial charge in [0.15, 0.2) is 5.82 Å². The van der Waals surface area contributed by atoms with Crippen molar-refractivity contribution in [2.75, 3.05) is 0 Å². The molecule has 0 N–H and O–H groups in total. The molecule has 46 heavy (non-hydrogen) atoms. The SMILES string of the molecule is c1ccc(-c2cc(-c3ccc(-c4ccc5ccc6cccc7ccc4c5c67)cc3)nc(-c3ccccc3-c3ccncc3)n2)cc1. The second kappa shape index (κ2) is 10.8. The van der Waals surface area contributed by atoms with Crippen LogP contribution in [0.25, 0.3) is 88.5 Å². The summed E-state index contributed by atoms with van der Waals surface area (Å²) >= 11 is 0. The van der Waals surface area contributed by atoms with Gasteiger partial charge in [-0.25, -0.2) is 9.97 Å². The largest absolute Gasteiger partial charge is 0.265 e. The fraction of sp³-hybridized carbons (Fsp3) is 0. The number of hydrogen-bond donors (Lipinski definition) is 0. The zero-order chi connectivity index (χ0) is 30.5. The van der Waals surface area contributed by atoms with Crippen molar-refractivity contribution in [3.8, 4) is 56.2 Å². The van der Waals surface area contributed by atoms with Gasteiger partial charge in [0.05, 0.1) is 11.4 Å². The van der Waals surface area contributed by atoms with Crippen LogP contribution >= 0.6 is 0 Å². The Hall–Kier alpha value is -6.19. The summed E-state index contributed by atoms with van der Waals surface area (Å²) < 4.78 is 0. The smallest absolute Gasteiger partial charge is 0.161 e. The zero-order valence-electron chi connectivity index (χ0n) is 24.9. The molecule has 0 spiro atoms. The first-order chi connectivity index (χ1) is 22.8. The number of nitrogens with zero attached hydrogens (tertiary/aromatic N) is 3. The quantitative estimate of drug-likeness (QED) is 0.189. The second-order valence-electron chi connectivity index (χ2n) is 11.7. The van der Waals surface area contributed by atoms with Crippen LogP contribution in [0.5, 0.6) is 0 Å². The summed E-state index contributed by atoms with van der Waals surface area (Å²) in [6.45, 7) is 0. The average molecular weight is 586 g/mol. The van der Waals surface area contributed by atoms with Gasteiger partial charge in [0.1, 0.15) is 0 Å². The topological polar surface area (TPSA) is 38.7 Å². The Morgan fingerprint density at radius 2 is 0.913 bits per heavy atom.